The van der Waals surface area contributed by atoms with E-state index in [9.17, 15) is 0 Å². The molecule has 23 heavy (non-hydrogen) atoms. The number of hydrogen-bond donors (Lipinski definition) is 1. The standard InChI is InChI=1S/C19H22N4/c20-13-16-9-6-10-21-19(16)22-14-17-7-2-3-8-18(17)15-23-11-4-1-5-12-23/h2-3,6-10H,1,4-5,11-12,14-15H2,(H,21,22). The van der Waals surface area contributed by atoms with Gasteiger partial charge in [0.1, 0.15) is 11.9 Å². The van der Waals surface area contributed by atoms with Crippen LogP contribution in [0, 0.1) is 11.3 Å². The van der Waals surface area contributed by atoms with Crippen molar-refractivity contribution in [2.75, 3.05) is 18.4 Å². The van der Waals surface area contributed by atoms with Crippen LogP contribution in [0.3, 0.4) is 0 Å². The minimum Gasteiger partial charge on any atom is -0.365 e. The highest BCUT2D eigenvalue weighted by molar-refractivity contribution is 5.51. The van der Waals surface area contributed by atoms with Gasteiger partial charge in [-0.2, -0.15) is 5.26 Å². The van der Waals surface area contributed by atoms with Crippen molar-refractivity contribution >= 4 is 5.82 Å². The number of aromatic nitrogens is 1. The summed E-state index contributed by atoms with van der Waals surface area (Å²) in [5.41, 5.74) is 3.21. The normalized spacial score (nSPS) is 15.1. The number of nitriles is 1. The molecule has 1 fully saturated rings. The summed E-state index contributed by atoms with van der Waals surface area (Å²) >= 11 is 0. The van der Waals surface area contributed by atoms with Crippen LogP contribution in [0.25, 0.3) is 0 Å². The van der Waals surface area contributed by atoms with Crippen LogP contribution in [-0.4, -0.2) is 23.0 Å². The molecular weight excluding hydrogens is 284 g/mol. The lowest BCUT2D eigenvalue weighted by Gasteiger charge is -2.27. The Kier molecular flexibility index (Phi) is 5.23. The molecule has 4 heteroatoms. The molecule has 0 aliphatic carbocycles. The molecule has 0 amide bonds. The number of piperidine rings is 1. The van der Waals surface area contributed by atoms with Crippen LogP contribution in [0.1, 0.15) is 36.0 Å². The number of hydrogen-bond acceptors (Lipinski definition) is 4. The van der Waals surface area contributed by atoms with E-state index in [2.05, 4.69) is 45.5 Å². The lowest BCUT2D eigenvalue weighted by atomic mass is 10.0. The predicted octanol–water partition coefficient (Wildman–Crippen LogP) is 3.55. The number of nitrogens with one attached hydrogen (secondary N) is 1. The molecule has 0 saturated carbocycles. The summed E-state index contributed by atoms with van der Waals surface area (Å²) in [6.07, 6.45) is 5.68. The first-order valence-electron chi connectivity index (χ1n) is 8.25. The topological polar surface area (TPSA) is 52.0 Å². The molecule has 118 valence electrons. The molecule has 0 unspecified atom stereocenters. The summed E-state index contributed by atoms with van der Waals surface area (Å²) in [5.74, 6) is 0.655. The fourth-order valence-corrected chi connectivity index (χ4v) is 3.06. The largest absolute Gasteiger partial charge is 0.365 e. The highest BCUT2D eigenvalue weighted by Gasteiger charge is 2.12. The van der Waals surface area contributed by atoms with Gasteiger partial charge in [0.05, 0.1) is 5.56 Å². The molecule has 2 heterocycles. The molecule has 0 bridgehead atoms. The van der Waals surface area contributed by atoms with Gasteiger partial charge in [-0.05, 0) is 49.2 Å². The van der Waals surface area contributed by atoms with Crippen LogP contribution >= 0.6 is 0 Å². The highest BCUT2D eigenvalue weighted by atomic mass is 15.1. The Bertz CT molecular complexity index is 684. The molecule has 0 spiro atoms. The van der Waals surface area contributed by atoms with Crippen molar-refractivity contribution < 1.29 is 0 Å². The average molecular weight is 306 g/mol. The summed E-state index contributed by atoms with van der Waals surface area (Å²) in [6, 6.07) is 14.3. The van der Waals surface area contributed by atoms with E-state index in [1.165, 1.54) is 43.5 Å². The molecular formula is C19H22N4. The molecule has 2 aromatic rings. The zero-order valence-corrected chi connectivity index (χ0v) is 13.3. The Balaban J connectivity index is 1.69. The maximum absolute atomic E-state index is 9.15. The third kappa shape index (κ3) is 4.08. The van der Waals surface area contributed by atoms with Gasteiger partial charge in [-0.3, -0.25) is 4.90 Å². The number of likely N-dealkylation sites (tertiary alicyclic amines) is 1. The fraction of sp³-hybridized carbons (Fsp3) is 0.368. The molecule has 1 aromatic carbocycles. The van der Waals surface area contributed by atoms with Crippen molar-refractivity contribution in [3.63, 3.8) is 0 Å². The van der Waals surface area contributed by atoms with Gasteiger partial charge in [-0.1, -0.05) is 30.7 Å². The first kappa shape index (κ1) is 15.5. The van der Waals surface area contributed by atoms with Crippen molar-refractivity contribution in [1.82, 2.24) is 9.88 Å². The SMILES string of the molecule is N#Cc1cccnc1NCc1ccccc1CN1CCCCC1. The average Bonchev–Trinajstić information content (AvgIpc) is 2.62. The molecule has 0 atom stereocenters. The fourth-order valence-electron chi connectivity index (χ4n) is 3.06. The van der Waals surface area contributed by atoms with E-state index in [1.54, 1.807) is 18.3 Å². The van der Waals surface area contributed by atoms with E-state index >= 15 is 0 Å². The molecule has 1 aliphatic heterocycles. The van der Waals surface area contributed by atoms with Gasteiger partial charge >= 0.3 is 0 Å². The van der Waals surface area contributed by atoms with Crippen molar-refractivity contribution in [1.29, 1.82) is 5.26 Å². The Morgan fingerprint density at radius 1 is 1.04 bits per heavy atom. The second-order valence-corrected chi connectivity index (χ2v) is 5.97. The summed E-state index contributed by atoms with van der Waals surface area (Å²) in [7, 11) is 0. The van der Waals surface area contributed by atoms with Crippen molar-refractivity contribution in [3.05, 3.63) is 59.3 Å². The molecule has 4 nitrogen and oxygen atoms in total. The molecule has 1 aromatic heterocycles. The number of nitrogens with zero attached hydrogens (tertiary/aromatic N) is 3. The Hall–Kier alpha value is -2.38. The van der Waals surface area contributed by atoms with Gasteiger partial charge in [0.2, 0.25) is 0 Å². The van der Waals surface area contributed by atoms with Gasteiger partial charge in [0.15, 0.2) is 0 Å². The van der Waals surface area contributed by atoms with Crippen LogP contribution in [0.5, 0.6) is 0 Å². The number of pyridine rings is 1. The van der Waals surface area contributed by atoms with Gasteiger partial charge < -0.3 is 5.32 Å². The maximum atomic E-state index is 9.15. The quantitative estimate of drug-likeness (QED) is 0.918. The number of anilines is 1. The monoisotopic (exact) mass is 306 g/mol. The zero-order valence-electron chi connectivity index (χ0n) is 13.3. The lowest BCUT2D eigenvalue weighted by Crippen LogP contribution is -2.29. The minimum absolute atomic E-state index is 0.584. The second-order valence-electron chi connectivity index (χ2n) is 5.97. The van der Waals surface area contributed by atoms with Gasteiger partial charge in [0, 0.05) is 19.3 Å². The molecule has 1 saturated heterocycles. The minimum atomic E-state index is 0.584. The number of rotatable bonds is 5. The van der Waals surface area contributed by atoms with E-state index in [0.29, 0.717) is 17.9 Å². The second kappa shape index (κ2) is 7.75. The van der Waals surface area contributed by atoms with Crippen molar-refractivity contribution in [2.45, 2.75) is 32.4 Å². The van der Waals surface area contributed by atoms with E-state index in [0.717, 1.165) is 6.54 Å². The van der Waals surface area contributed by atoms with Crippen molar-refractivity contribution in [3.8, 4) is 6.07 Å². The summed E-state index contributed by atoms with van der Waals surface area (Å²) in [5, 5.41) is 12.5. The van der Waals surface area contributed by atoms with E-state index in [4.69, 9.17) is 5.26 Å². The molecule has 1 aliphatic rings. The van der Waals surface area contributed by atoms with Crippen molar-refractivity contribution in [2.24, 2.45) is 0 Å². The van der Waals surface area contributed by atoms with E-state index < -0.39 is 0 Å². The van der Waals surface area contributed by atoms with Gasteiger partial charge in [-0.25, -0.2) is 4.98 Å². The summed E-state index contributed by atoms with van der Waals surface area (Å²) < 4.78 is 0. The van der Waals surface area contributed by atoms with Gasteiger partial charge in [0.25, 0.3) is 0 Å². The van der Waals surface area contributed by atoms with Crippen LogP contribution in [0.2, 0.25) is 0 Å². The maximum Gasteiger partial charge on any atom is 0.144 e. The molecule has 3 rings (SSSR count). The number of benzene rings is 1. The summed E-state index contributed by atoms with van der Waals surface area (Å²) in [4.78, 5) is 6.80. The van der Waals surface area contributed by atoms with Crippen LogP contribution in [-0.2, 0) is 13.1 Å². The predicted molar refractivity (Wildman–Crippen MR) is 91.8 cm³/mol. The third-order valence-corrected chi connectivity index (χ3v) is 4.34. The smallest absolute Gasteiger partial charge is 0.144 e. The van der Waals surface area contributed by atoms with E-state index in [1.807, 2.05) is 0 Å². The Morgan fingerprint density at radius 2 is 1.83 bits per heavy atom. The van der Waals surface area contributed by atoms with Gasteiger partial charge in [-0.15, -0.1) is 0 Å². The van der Waals surface area contributed by atoms with Crippen LogP contribution < -0.4 is 5.32 Å². The first-order chi connectivity index (χ1) is 11.4. The van der Waals surface area contributed by atoms with Crippen LogP contribution in [0.15, 0.2) is 42.6 Å². The first-order valence-corrected chi connectivity index (χ1v) is 8.25. The molecule has 0 radical (unpaired) electrons. The Labute approximate surface area is 137 Å². The summed E-state index contributed by atoms with van der Waals surface area (Å²) in [6.45, 7) is 4.09. The van der Waals surface area contributed by atoms with Crippen LogP contribution in [0.4, 0.5) is 5.82 Å². The lowest BCUT2D eigenvalue weighted by molar-refractivity contribution is 0.220. The molecule has 1 N–H and O–H groups in total. The van der Waals surface area contributed by atoms with E-state index in [-0.39, 0.29) is 0 Å². The highest BCUT2D eigenvalue weighted by Crippen LogP contribution is 2.18. The zero-order chi connectivity index (χ0) is 15.9. The Morgan fingerprint density at radius 3 is 2.61 bits per heavy atom. The third-order valence-electron chi connectivity index (χ3n) is 4.34.